The third-order valence-corrected chi connectivity index (χ3v) is 5.35. The molecule has 1 saturated carbocycles. The van der Waals surface area contributed by atoms with Crippen LogP contribution in [0.5, 0.6) is 0 Å². The summed E-state index contributed by atoms with van der Waals surface area (Å²) >= 11 is 0. The molecule has 1 fully saturated rings. The van der Waals surface area contributed by atoms with Gasteiger partial charge in [0.05, 0.1) is 6.54 Å². The molecule has 1 heterocycles. The van der Waals surface area contributed by atoms with Gasteiger partial charge in [0.1, 0.15) is 5.76 Å². The van der Waals surface area contributed by atoms with Gasteiger partial charge in [-0.25, -0.2) is 13.1 Å². The number of hydrogen-bond donors (Lipinski definition) is 2. The predicted molar refractivity (Wildman–Crippen MR) is 82.4 cm³/mol. The molecule has 0 aliphatic heterocycles. The van der Waals surface area contributed by atoms with Crippen LogP contribution >= 0.6 is 0 Å². The van der Waals surface area contributed by atoms with Crippen LogP contribution in [0.25, 0.3) is 0 Å². The summed E-state index contributed by atoms with van der Waals surface area (Å²) in [5.41, 5.74) is 0. The fourth-order valence-corrected chi connectivity index (χ4v) is 3.95. The van der Waals surface area contributed by atoms with Gasteiger partial charge >= 0.3 is 0 Å². The molecule has 1 aliphatic carbocycles. The smallest absolute Gasteiger partial charge is 0.273 e. The second kappa shape index (κ2) is 7.42. The van der Waals surface area contributed by atoms with E-state index in [1.165, 1.54) is 18.9 Å². The highest BCUT2D eigenvalue weighted by Crippen LogP contribution is 2.28. The standard InChI is InChI=1S/C15H26N2O3S/c1-3-16-11-14-7-8-15(20-14)21(18,19)17-10-13-6-4-5-12(2)9-13/h7-8,12-13,16-17H,3-6,9-11H2,1-2H3. The maximum Gasteiger partial charge on any atom is 0.273 e. The zero-order valence-corrected chi connectivity index (χ0v) is 13.7. The van der Waals surface area contributed by atoms with Crippen LogP contribution in [0, 0.1) is 11.8 Å². The van der Waals surface area contributed by atoms with E-state index in [9.17, 15) is 8.42 Å². The molecule has 2 unspecified atom stereocenters. The molecule has 2 rings (SSSR count). The van der Waals surface area contributed by atoms with Gasteiger partial charge in [-0.1, -0.05) is 26.7 Å². The van der Waals surface area contributed by atoms with Crippen molar-refractivity contribution in [3.05, 3.63) is 17.9 Å². The molecule has 6 heteroatoms. The first-order valence-electron chi connectivity index (χ1n) is 7.80. The zero-order valence-electron chi connectivity index (χ0n) is 12.9. The SMILES string of the molecule is CCNCc1ccc(S(=O)(=O)NCC2CCCC(C)C2)o1. The van der Waals surface area contributed by atoms with Gasteiger partial charge < -0.3 is 9.73 Å². The fraction of sp³-hybridized carbons (Fsp3) is 0.733. The Morgan fingerprint density at radius 1 is 1.33 bits per heavy atom. The lowest BCUT2D eigenvalue weighted by molar-refractivity contribution is 0.282. The van der Waals surface area contributed by atoms with Crippen molar-refractivity contribution in [1.29, 1.82) is 0 Å². The largest absolute Gasteiger partial charge is 0.447 e. The Morgan fingerprint density at radius 3 is 2.86 bits per heavy atom. The topological polar surface area (TPSA) is 71.3 Å². The average Bonchev–Trinajstić information content (AvgIpc) is 2.93. The van der Waals surface area contributed by atoms with E-state index in [0.29, 0.717) is 30.7 Å². The number of nitrogens with one attached hydrogen (secondary N) is 2. The molecule has 0 saturated heterocycles. The molecular weight excluding hydrogens is 288 g/mol. The van der Waals surface area contributed by atoms with E-state index in [-0.39, 0.29) is 5.09 Å². The molecule has 0 aromatic carbocycles. The van der Waals surface area contributed by atoms with Crippen molar-refractivity contribution < 1.29 is 12.8 Å². The minimum Gasteiger partial charge on any atom is -0.447 e. The second-order valence-electron chi connectivity index (χ2n) is 5.99. The Kier molecular flexibility index (Phi) is 5.84. The lowest BCUT2D eigenvalue weighted by Gasteiger charge is -2.26. The van der Waals surface area contributed by atoms with Gasteiger partial charge in [-0.3, -0.25) is 0 Å². The molecule has 120 valence electrons. The Bertz CT molecular complexity index is 539. The number of sulfonamides is 1. The van der Waals surface area contributed by atoms with Crippen molar-refractivity contribution in [2.45, 2.75) is 51.2 Å². The molecule has 5 nitrogen and oxygen atoms in total. The summed E-state index contributed by atoms with van der Waals surface area (Å²) in [6.45, 7) is 6.11. The van der Waals surface area contributed by atoms with Crippen molar-refractivity contribution in [1.82, 2.24) is 10.0 Å². The van der Waals surface area contributed by atoms with E-state index >= 15 is 0 Å². The summed E-state index contributed by atoms with van der Waals surface area (Å²) in [5.74, 6) is 1.78. The van der Waals surface area contributed by atoms with E-state index in [1.807, 2.05) is 6.92 Å². The van der Waals surface area contributed by atoms with Gasteiger partial charge in [-0.15, -0.1) is 0 Å². The number of rotatable bonds is 7. The number of furan rings is 1. The van der Waals surface area contributed by atoms with Crippen LogP contribution in [0.15, 0.2) is 21.6 Å². The minimum atomic E-state index is -3.53. The Hall–Kier alpha value is -0.850. The lowest BCUT2D eigenvalue weighted by Crippen LogP contribution is -2.31. The highest BCUT2D eigenvalue weighted by atomic mass is 32.2. The first kappa shape index (κ1) is 16.5. The first-order valence-corrected chi connectivity index (χ1v) is 9.28. The van der Waals surface area contributed by atoms with Crippen LogP contribution < -0.4 is 10.0 Å². The summed E-state index contributed by atoms with van der Waals surface area (Å²) in [5, 5.41) is 3.12. The van der Waals surface area contributed by atoms with Crippen LogP contribution in [0.2, 0.25) is 0 Å². The van der Waals surface area contributed by atoms with Crippen LogP contribution in [-0.4, -0.2) is 21.5 Å². The summed E-state index contributed by atoms with van der Waals surface area (Å²) in [4.78, 5) is 0. The molecule has 0 radical (unpaired) electrons. The second-order valence-corrected chi connectivity index (χ2v) is 7.69. The van der Waals surface area contributed by atoms with Crippen LogP contribution in [0.1, 0.15) is 45.3 Å². The van der Waals surface area contributed by atoms with Crippen LogP contribution in [0.4, 0.5) is 0 Å². The molecule has 2 N–H and O–H groups in total. The molecular formula is C15H26N2O3S. The van der Waals surface area contributed by atoms with Crippen LogP contribution in [-0.2, 0) is 16.6 Å². The number of hydrogen-bond acceptors (Lipinski definition) is 4. The van der Waals surface area contributed by atoms with E-state index in [4.69, 9.17) is 4.42 Å². The van der Waals surface area contributed by atoms with Gasteiger partial charge in [-0.2, -0.15) is 0 Å². The maximum atomic E-state index is 12.2. The summed E-state index contributed by atoms with van der Waals surface area (Å²) in [6, 6.07) is 3.23. The predicted octanol–water partition coefficient (Wildman–Crippen LogP) is 2.49. The van der Waals surface area contributed by atoms with Gasteiger partial charge in [0.15, 0.2) is 0 Å². The lowest BCUT2D eigenvalue weighted by atomic mass is 9.83. The Morgan fingerprint density at radius 2 is 2.14 bits per heavy atom. The highest BCUT2D eigenvalue weighted by Gasteiger charge is 2.23. The summed E-state index contributed by atoms with van der Waals surface area (Å²) in [6.07, 6.45) is 4.67. The normalized spacial score (nSPS) is 23.3. The molecule has 0 amide bonds. The van der Waals surface area contributed by atoms with Crippen molar-refractivity contribution in [2.24, 2.45) is 11.8 Å². The van der Waals surface area contributed by atoms with Crippen molar-refractivity contribution >= 4 is 10.0 Å². The van der Waals surface area contributed by atoms with Crippen molar-refractivity contribution in [3.8, 4) is 0 Å². The van der Waals surface area contributed by atoms with Crippen molar-refractivity contribution in [2.75, 3.05) is 13.1 Å². The highest BCUT2D eigenvalue weighted by molar-refractivity contribution is 7.89. The molecule has 2 atom stereocenters. The third kappa shape index (κ3) is 4.83. The maximum absolute atomic E-state index is 12.2. The van der Waals surface area contributed by atoms with Gasteiger partial charge in [0.2, 0.25) is 5.09 Å². The molecule has 1 aromatic heterocycles. The fourth-order valence-electron chi connectivity index (χ4n) is 2.89. The molecule has 1 aromatic rings. The van der Waals surface area contributed by atoms with Crippen LogP contribution in [0.3, 0.4) is 0 Å². The zero-order chi connectivity index (χ0) is 15.3. The monoisotopic (exact) mass is 314 g/mol. The van der Waals surface area contributed by atoms with E-state index in [2.05, 4.69) is 17.0 Å². The molecule has 1 aliphatic rings. The van der Waals surface area contributed by atoms with Gasteiger partial charge in [0, 0.05) is 6.54 Å². The minimum absolute atomic E-state index is 0.0132. The quantitative estimate of drug-likeness (QED) is 0.811. The molecule has 0 bridgehead atoms. The van der Waals surface area contributed by atoms with Gasteiger partial charge in [-0.05, 0) is 43.4 Å². The Labute approximate surface area is 127 Å². The first-order chi connectivity index (χ1) is 10.0. The van der Waals surface area contributed by atoms with E-state index < -0.39 is 10.0 Å². The van der Waals surface area contributed by atoms with Crippen molar-refractivity contribution in [3.63, 3.8) is 0 Å². The summed E-state index contributed by atoms with van der Waals surface area (Å²) in [7, 11) is -3.53. The van der Waals surface area contributed by atoms with E-state index in [1.54, 1.807) is 6.07 Å². The summed E-state index contributed by atoms with van der Waals surface area (Å²) < 4.78 is 32.5. The molecule has 21 heavy (non-hydrogen) atoms. The van der Waals surface area contributed by atoms with E-state index in [0.717, 1.165) is 19.4 Å². The molecule has 0 spiro atoms. The average molecular weight is 314 g/mol. The van der Waals surface area contributed by atoms with Gasteiger partial charge in [0.25, 0.3) is 10.0 Å². The Balaban J connectivity index is 1.90. The third-order valence-electron chi connectivity index (χ3n) is 4.06.